The molecule has 2 fully saturated rings. The first kappa shape index (κ1) is 8.34. The molecule has 2 atom stereocenters. The van der Waals surface area contributed by atoms with Crippen LogP contribution in [0, 0.1) is 11.3 Å². The second-order valence-electron chi connectivity index (χ2n) is 3.84. The summed E-state index contributed by atoms with van der Waals surface area (Å²) < 4.78 is 0. The lowest BCUT2D eigenvalue weighted by Gasteiger charge is -2.27. The maximum Gasteiger partial charge on any atom is 0.407 e. The summed E-state index contributed by atoms with van der Waals surface area (Å²) in [6.45, 7) is 0.750. The van der Waals surface area contributed by atoms with Gasteiger partial charge >= 0.3 is 12.1 Å². The fraction of sp³-hybridized carbons (Fsp3) is 0.750. The van der Waals surface area contributed by atoms with Crippen LogP contribution in [0.3, 0.4) is 0 Å². The highest BCUT2D eigenvalue weighted by molar-refractivity contribution is 5.79. The zero-order valence-electron chi connectivity index (χ0n) is 7.06. The largest absolute Gasteiger partial charge is 0.481 e. The zero-order valence-corrected chi connectivity index (χ0v) is 7.06. The van der Waals surface area contributed by atoms with Crippen LogP contribution in [0.1, 0.15) is 12.8 Å². The van der Waals surface area contributed by atoms with Crippen LogP contribution in [0.2, 0.25) is 0 Å². The van der Waals surface area contributed by atoms with Crippen LogP contribution >= 0.6 is 0 Å². The molecule has 1 aliphatic carbocycles. The van der Waals surface area contributed by atoms with Gasteiger partial charge in [0.05, 0.1) is 5.41 Å². The van der Waals surface area contributed by atoms with Crippen LogP contribution in [0.15, 0.2) is 0 Å². The average Bonchev–Trinajstić information content (AvgIpc) is 2.77. The van der Waals surface area contributed by atoms with E-state index in [0.717, 1.165) is 0 Å². The highest BCUT2D eigenvalue weighted by Gasteiger charge is 2.62. The summed E-state index contributed by atoms with van der Waals surface area (Å²) in [5, 5.41) is 17.6. The highest BCUT2D eigenvalue weighted by Crippen LogP contribution is 2.57. The van der Waals surface area contributed by atoms with E-state index < -0.39 is 17.5 Å². The topological polar surface area (TPSA) is 77.8 Å². The predicted octanol–water partition coefficient (Wildman–Crippen LogP) is 0.461. The number of hydrogen-bond donors (Lipinski definition) is 2. The second kappa shape index (κ2) is 2.37. The van der Waals surface area contributed by atoms with Crippen molar-refractivity contribution in [2.45, 2.75) is 12.8 Å². The zero-order chi connectivity index (χ0) is 9.64. The number of aliphatic carboxylic acids is 1. The SMILES string of the molecule is O=C(O)N1CC[C@@]2(C(=O)O)C[C@H]2C1. The maximum atomic E-state index is 10.8. The first-order valence-electron chi connectivity index (χ1n) is 4.27. The van der Waals surface area contributed by atoms with Crippen molar-refractivity contribution in [3.05, 3.63) is 0 Å². The molecule has 72 valence electrons. The van der Waals surface area contributed by atoms with Gasteiger partial charge in [-0.25, -0.2) is 4.79 Å². The minimum atomic E-state index is -0.939. The molecule has 0 aromatic rings. The van der Waals surface area contributed by atoms with Gasteiger partial charge < -0.3 is 15.1 Å². The summed E-state index contributed by atoms with van der Waals surface area (Å²) in [6.07, 6.45) is 0.177. The summed E-state index contributed by atoms with van der Waals surface area (Å²) in [7, 11) is 0. The molecule has 0 spiro atoms. The highest BCUT2D eigenvalue weighted by atomic mass is 16.4. The number of nitrogens with zero attached hydrogens (tertiary/aromatic N) is 1. The Balaban J connectivity index is 2.03. The van der Waals surface area contributed by atoms with E-state index >= 15 is 0 Å². The molecule has 2 aliphatic rings. The van der Waals surface area contributed by atoms with Crippen molar-refractivity contribution in [2.24, 2.45) is 11.3 Å². The lowest BCUT2D eigenvalue weighted by atomic mass is 9.96. The van der Waals surface area contributed by atoms with E-state index in [2.05, 4.69) is 0 Å². The molecule has 0 radical (unpaired) electrons. The number of carbonyl (C=O) groups is 2. The predicted molar refractivity (Wildman–Crippen MR) is 42.4 cm³/mol. The maximum absolute atomic E-state index is 10.8. The van der Waals surface area contributed by atoms with E-state index in [4.69, 9.17) is 10.2 Å². The van der Waals surface area contributed by atoms with Crippen LogP contribution in [0.25, 0.3) is 0 Å². The van der Waals surface area contributed by atoms with Gasteiger partial charge in [0, 0.05) is 13.1 Å². The van der Waals surface area contributed by atoms with Crippen LogP contribution in [0.5, 0.6) is 0 Å². The Morgan fingerprint density at radius 1 is 1.38 bits per heavy atom. The van der Waals surface area contributed by atoms with Gasteiger partial charge in [-0.1, -0.05) is 0 Å². The molecule has 1 saturated heterocycles. The fourth-order valence-electron chi connectivity index (χ4n) is 2.16. The smallest absolute Gasteiger partial charge is 0.407 e. The summed E-state index contributed by atoms with van der Waals surface area (Å²) >= 11 is 0. The minimum Gasteiger partial charge on any atom is -0.481 e. The van der Waals surface area contributed by atoms with Gasteiger partial charge in [0.1, 0.15) is 0 Å². The van der Waals surface area contributed by atoms with Gasteiger partial charge in [-0.3, -0.25) is 4.79 Å². The van der Waals surface area contributed by atoms with E-state index in [0.29, 0.717) is 25.9 Å². The molecule has 2 rings (SSSR count). The molecule has 1 aliphatic heterocycles. The Morgan fingerprint density at radius 3 is 2.54 bits per heavy atom. The molecular formula is C8H11NO4. The summed E-state index contributed by atoms with van der Waals surface area (Å²) in [4.78, 5) is 22.7. The third-order valence-electron chi connectivity index (χ3n) is 3.20. The number of hydrogen-bond acceptors (Lipinski definition) is 2. The van der Waals surface area contributed by atoms with Crippen molar-refractivity contribution >= 4 is 12.1 Å². The Kier molecular flexibility index (Phi) is 1.52. The van der Waals surface area contributed by atoms with E-state index in [-0.39, 0.29) is 5.92 Å². The standard InChI is InChI=1S/C8H11NO4/c10-6(11)8-1-2-9(7(12)13)4-5(8)3-8/h5H,1-4H2,(H,10,11)(H,12,13)/t5-,8+/m0/s1. The van der Waals surface area contributed by atoms with Gasteiger partial charge in [-0.15, -0.1) is 0 Å². The molecule has 1 saturated carbocycles. The van der Waals surface area contributed by atoms with Crippen molar-refractivity contribution in [1.29, 1.82) is 0 Å². The van der Waals surface area contributed by atoms with Gasteiger partial charge in [0.15, 0.2) is 0 Å². The summed E-state index contributed by atoms with van der Waals surface area (Å²) in [5.74, 6) is -0.711. The normalized spacial score (nSPS) is 36.6. The van der Waals surface area contributed by atoms with Gasteiger partial charge in [0.25, 0.3) is 0 Å². The third kappa shape index (κ3) is 1.07. The third-order valence-corrected chi connectivity index (χ3v) is 3.20. The van der Waals surface area contributed by atoms with Crippen LogP contribution < -0.4 is 0 Å². The second-order valence-corrected chi connectivity index (χ2v) is 3.84. The first-order chi connectivity index (χ1) is 6.06. The van der Waals surface area contributed by atoms with Crippen LogP contribution in [-0.4, -0.2) is 40.3 Å². The van der Waals surface area contributed by atoms with Gasteiger partial charge in [0.2, 0.25) is 0 Å². The van der Waals surface area contributed by atoms with Crippen molar-refractivity contribution < 1.29 is 19.8 Å². The Morgan fingerprint density at radius 2 is 2.08 bits per heavy atom. The number of carboxylic acids is 1. The molecule has 0 aromatic carbocycles. The van der Waals surface area contributed by atoms with Crippen molar-refractivity contribution in [2.75, 3.05) is 13.1 Å². The molecule has 0 unspecified atom stereocenters. The first-order valence-corrected chi connectivity index (χ1v) is 4.27. The molecular weight excluding hydrogens is 174 g/mol. The number of carboxylic acid groups (broad SMARTS) is 2. The van der Waals surface area contributed by atoms with E-state index in [1.54, 1.807) is 0 Å². The Labute approximate surface area is 75.0 Å². The lowest BCUT2D eigenvalue weighted by Crippen LogP contribution is -2.40. The van der Waals surface area contributed by atoms with Crippen molar-refractivity contribution in [3.8, 4) is 0 Å². The Bertz CT molecular complexity index is 277. The van der Waals surface area contributed by atoms with Gasteiger partial charge in [-0.05, 0) is 18.8 Å². The molecule has 0 bridgehead atoms. The number of likely N-dealkylation sites (tertiary alicyclic amines) is 1. The monoisotopic (exact) mass is 185 g/mol. The van der Waals surface area contributed by atoms with Crippen molar-refractivity contribution in [1.82, 2.24) is 4.90 Å². The van der Waals surface area contributed by atoms with Crippen LogP contribution in [0.4, 0.5) is 4.79 Å². The van der Waals surface area contributed by atoms with E-state index in [9.17, 15) is 9.59 Å². The minimum absolute atomic E-state index is 0.0508. The summed E-state index contributed by atoms with van der Waals surface area (Å²) in [5.41, 5.74) is -0.577. The van der Waals surface area contributed by atoms with Crippen LogP contribution in [-0.2, 0) is 4.79 Å². The number of fused-ring (bicyclic) bond motifs is 1. The number of piperidine rings is 1. The Hall–Kier alpha value is -1.26. The molecule has 5 nitrogen and oxygen atoms in total. The number of rotatable bonds is 1. The molecule has 13 heavy (non-hydrogen) atoms. The van der Waals surface area contributed by atoms with E-state index in [1.807, 2.05) is 0 Å². The quantitative estimate of drug-likeness (QED) is 0.622. The fourth-order valence-corrected chi connectivity index (χ4v) is 2.16. The lowest BCUT2D eigenvalue weighted by molar-refractivity contribution is -0.145. The molecule has 1 heterocycles. The van der Waals surface area contributed by atoms with Gasteiger partial charge in [-0.2, -0.15) is 0 Å². The molecule has 2 N–H and O–H groups in total. The summed E-state index contributed by atoms with van der Waals surface area (Å²) in [6, 6.07) is 0. The number of amides is 1. The molecule has 1 amide bonds. The molecule has 5 heteroatoms. The van der Waals surface area contributed by atoms with E-state index in [1.165, 1.54) is 4.90 Å². The average molecular weight is 185 g/mol. The molecule has 0 aromatic heterocycles. The van der Waals surface area contributed by atoms with Crippen molar-refractivity contribution in [3.63, 3.8) is 0 Å².